The molecule has 2 heteroatoms. The van der Waals surface area contributed by atoms with Gasteiger partial charge in [-0.25, -0.2) is 0 Å². The molecule has 0 fully saturated rings. The normalized spacial score (nSPS) is 10.8. The second kappa shape index (κ2) is 6.47. The van der Waals surface area contributed by atoms with Crippen molar-refractivity contribution in [1.29, 1.82) is 0 Å². The first-order chi connectivity index (χ1) is 9.56. The van der Waals surface area contributed by atoms with Crippen LogP contribution in [0, 0.1) is 0 Å². The van der Waals surface area contributed by atoms with Crippen molar-refractivity contribution in [3.8, 4) is 0 Å². The molecule has 0 saturated carbocycles. The Morgan fingerprint density at radius 2 is 1.75 bits per heavy atom. The van der Waals surface area contributed by atoms with Gasteiger partial charge in [0.1, 0.15) is 0 Å². The lowest BCUT2D eigenvalue weighted by molar-refractivity contribution is 0.855. The summed E-state index contributed by atoms with van der Waals surface area (Å²) in [5.41, 5.74) is 10.6. The van der Waals surface area contributed by atoms with Gasteiger partial charge in [-0.05, 0) is 41.7 Å². The van der Waals surface area contributed by atoms with Crippen molar-refractivity contribution < 1.29 is 0 Å². The molecule has 0 aliphatic rings. The molecule has 20 heavy (non-hydrogen) atoms. The van der Waals surface area contributed by atoms with Crippen molar-refractivity contribution >= 4 is 11.4 Å². The first kappa shape index (κ1) is 14.4. The summed E-state index contributed by atoms with van der Waals surface area (Å²) in [7, 11) is 2.11. The Kier molecular flexibility index (Phi) is 4.67. The second-order valence-corrected chi connectivity index (χ2v) is 5.66. The van der Waals surface area contributed by atoms with Crippen LogP contribution in [0.15, 0.2) is 48.5 Å². The number of nitrogens with zero attached hydrogens (tertiary/aromatic N) is 1. The second-order valence-electron chi connectivity index (χ2n) is 5.66. The smallest absolute Gasteiger partial charge is 0.0384 e. The van der Waals surface area contributed by atoms with Crippen LogP contribution >= 0.6 is 0 Å². The van der Waals surface area contributed by atoms with Gasteiger partial charge in [0.15, 0.2) is 0 Å². The first-order valence-electron chi connectivity index (χ1n) is 7.22. The summed E-state index contributed by atoms with van der Waals surface area (Å²) in [6, 6.07) is 17.0. The summed E-state index contributed by atoms with van der Waals surface area (Å²) < 4.78 is 0. The minimum Gasteiger partial charge on any atom is -0.399 e. The predicted octanol–water partition coefficient (Wildman–Crippen LogP) is 4.07. The molecule has 2 N–H and O–H groups in total. The molecular formula is C18H24N2. The maximum absolute atomic E-state index is 5.82. The van der Waals surface area contributed by atoms with Crippen LogP contribution < -0.4 is 10.6 Å². The molecule has 0 atom stereocenters. The Balaban J connectivity index is 1.94. The molecule has 2 aromatic carbocycles. The van der Waals surface area contributed by atoms with Gasteiger partial charge in [-0.15, -0.1) is 0 Å². The molecule has 0 saturated heterocycles. The number of hydrogen-bond acceptors (Lipinski definition) is 2. The molecule has 0 aliphatic heterocycles. The van der Waals surface area contributed by atoms with E-state index in [4.69, 9.17) is 5.73 Å². The van der Waals surface area contributed by atoms with E-state index in [1.807, 2.05) is 18.2 Å². The van der Waals surface area contributed by atoms with E-state index in [1.54, 1.807) is 0 Å². The molecule has 106 valence electrons. The number of rotatable bonds is 5. The van der Waals surface area contributed by atoms with Gasteiger partial charge in [0.2, 0.25) is 0 Å². The highest BCUT2D eigenvalue weighted by molar-refractivity contribution is 5.55. The fraction of sp³-hybridized carbons (Fsp3) is 0.333. The van der Waals surface area contributed by atoms with Gasteiger partial charge >= 0.3 is 0 Å². The average Bonchev–Trinajstić information content (AvgIpc) is 2.45. The molecule has 2 rings (SSSR count). The third kappa shape index (κ3) is 3.77. The van der Waals surface area contributed by atoms with Gasteiger partial charge in [-0.1, -0.05) is 44.2 Å². The highest BCUT2D eigenvalue weighted by atomic mass is 15.1. The number of nitrogens with two attached hydrogens (primary N) is 1. The zero-order valence-electron chi connectivity index (χ0n) is 12.6. The molecule has 0 aliphatic carbocycles. The summed E-state index contributed by atoms with van der Waals surface area (Å²) in [4.78, 5) is 2.24. The Labute approximate surface area is 122 Å². The maximum atomic E-state index is 5.82. The van der Waals surface area contributed by atoms with Crippen molar-refractivity contribution in [2.45, 2.75) is 26.2 Å². The van der Waals surface area contributed by atoms with E-state index in [-0.39, 0.29) is 0 Å². The maximum Gasteiger partial charge on any atom is 0.0384 e. The number of benzene rings is 2. The quantitative estimate of drug-likeness (QED) is 0.828. The van der Waals surface area contributed by atoms with Gasteiger partial charge in [0.05, 0.1) is 0 Å². The minimum atomic E-state index is 0.596. The monoisotopic (exact) mass is 268 g/mol. The highest BCUT2D eigenvalue weighted by Gasteiger charge is 2.03. The van der Waals surface area contributed by atoms with E-state index < -0.39 is 0 Å². The van der Waals surface area contributed by atoms with Gasteiger partial charge in [-0.2, -0.15) is 0 Å². The largest absolute Gasteiger partial charge is 0.399 e. The molecule has 2 aromatic rings. The number of likely N-dealkylation sites (N-methyl/N-ethyl adjacent to an activating group) is 1. The molecule has 0 aromatic heterocycles. The molecule has 0 amide bonds. The van der Waals surface area contributed by atoms with Gasteiger partial charge < -0.3 is 10.6 Å². The molecular weight excluding hydrogens is 244 g/mol. The van der Waals surface area contributed by atoms with Gasteiger partial charge in [-0.3, -0.25) is 0 Å². The Hall–Kier alpha value is -1.96. The fourth-order valence-electron chi connectivity index (χ4n) is 2.26. The van der Waals surface area contributed by atoms with Crippen molar-refractivity contribution in [3.63, 3.8) is 0 Å². The van der Waals surface area contributed by atoms with Crippen LogP contribution in [0.25, 0.3) is 0 Å². The predicted molar refractivity (Wildman–Crippen MR) is 88.4 cm³/mol. The van der Waals surface area contributed by atoms with E-state index in [2.05, 4.69) is 56.1 Å². The zero-order chi connectivity index (χ0) is 14.5. The Morgan fingerprint density at radius 3 is 2.35 bits per heavy atom. The van der Waals surface area contributed by atoms with Crippen LogP contribution in [0.5, 0.6) is 0 Å². The standard InChI is InChI=1S/C18H24N2/c1-14(2)16-9-7-15(8-10-16)11-12-20(3)18-6-4-5-17(19)13-18/h4-10,13-14H,11-12,19H2,1-3H3. The topological polar surface area (TPSA) is 29.3 Å². The molecule has 0 spiro atoms. The number of anilines is 2. The molecule has 0 bridgehead atoms. The summed E-state index contributed by atoms with van der Waals surface area (Å²) in [6.45, 7) is 5.44. The van der Waals surface area contributed by atoms with E-state index in [0.29, 0.717) is 5.92 Å². The third-order valence-corrected chi connectivity index (χ3v) is 3.69. The minimum absolute atomic E-state index is 0.596. The zero-order valence-corrected chi connectivity index (χ0v) is 12.6. The Morgan fingerprint density at radius 1 is 1.05 bits per heavy atom. The van der Waals surface area contributed by atoms with Gasteiger partial charge in [0, 0.05) is 25.0 Å². The van der Waals surface area contributed by atoms with E-state index in [0.717, 1.165) is 18.7 Å². The molecule has 0 radical (unpaired) electrons. The van der Waals surface area contributed by atoms with Crippen LogP contribution in [-0.2, 0) is 6.42 Å². The molecule has 0 unspecified atom stereocenters. The van der Waals surface area contributed by atoms with E-state index >= 15 is 0 Å². The first-order valence-corrected chi connectivity index (χ1v) is 7.22. The summed E-state index contributed by atoms with van der Waals surface area (Å²) >= 11 is 0. The van der Waals surface area contributed by atoms with E-state index in [9.17, 15) is 0 Å². The summed E-state index contributed by atoms with van der Waals surface area (Å²) in [5, 5.41) is 0. The van der Waals surface area contributed by atoms with Crippen LogP contribution in [0.2, 0.25) is 0 Å². The third-order valence-electron chi connectivity index (χ3n) is 3.69. The summed E-state index contributed by atoms with van der Waals surface area (Å²) in [5.74, 6) is 0.596. The Bertz CT molecular complexity index is 544. The van der Waals surface area contributed by atoms with Crippen LogP contribution in [-0.4, -0.2) is 13.6 Å². The van der Waals surface area contributed by atoms with Crippen molar-refractivity contribution in [2.24, 2.45) is 0 Å². The lowest BCUT2D eigenvalue weighted by atomic mass is 10.0. The van der Waals surface area contributed by atoms with Crippen molar-refractivity contribution in [1.82, 2.24) is 0 Å². The average molecular weight is 268 g/mol. The SMILES string of the molecule is CC(C)c1ccc(CCN(C)c2cccc(N)c2)cc1. The molecule has 2 nitrogen and oxygen atoms in total. The van der Waals surface area contributed by atoms with Crippen molar-refractivity contribution in [3.05, 3.63) is 59.7 Å². The van der Waals surface area contributed by atoms with Crippen LogP contribution in [0.4, 0.5) is 11.4 Å². The van der Waals surface area contributed by atoms with E-state index in [1.165, 1.54) is 16.8 Å². The molecule has 0 heterocycles. The number of nitrogen functional groups attached to an aromatic ring is 1. The van der Waals surface area contributed by atoms with Gasteiger partial charge in [0.25, 0.3) is 0 Å². The summed E-state index contributed by atoms with van der Waals surface area (Å²) in [6.07, 6.45) is 1.05. The van der Waals surface area contributed by atoms with Crippen LogP contribution in [0.1, 0.15) is 30.9 Å². The lowest BCUT2D eigenvalue weighted by Gasteiger charge is -2.19. The fourth-order valence-corrected chi connectivity index (χ4v) is 2.26. The highest BCUT2D eigenvalue weighted by Crippen LogP contribution is 2.18. The number of hydrogen-bond donors (Lipinski definition) is 1. The lowest BCUT2D eigenvalue weighted by Crippen LogP contribution is -2.20. The van der Waals surface area contributed by atoms with Crippen molar-refractivity contribution in [2.75, 3.05) is 24.2 Å². The van der Waals surface area contributed by atoms with Crippen LogP contribution in [0.3, 0.4) is 0 Å².